The zero-order chi connectivity index (χ0) is 15.8. The molecule has 1 aromatic rings. The smallest absolute Gasteiger partial charge is 0.312 e. The summed E-state index contributed by atoms with van der Waals surface area (Å²) in [6.07, 6.45) is 1.32. The number of aromatic nitrogens is 2. The molecule has 2 N–H and O–H groups in total. The van der Waals surface area contributed by atoms with Gasteiger partial charge in [0.1, 0.15) is 11.4 Å². The maximum atomic E-state index is 11.7. The van der Waals surface area contributed by atoms with E-state index in [4.69, 9.17) is 0 Å². The van der Waals surface area contributed by atoms with Gasteiger partial charge in [0.25, 0.3) is 0 Å². The highest BCUT2D eigenvalue weighted by molar-refractivity contribution is 5.75. The summed E-state index contributed by atoms with van der Waals surface area (Å²) in [7, 11) is 0. The zero-order valence-electron chi connectivity index (χ0n) is 12.8. The van der Waals surface area contributed by atoms with E-state index in [0.29, 0.717) is 24.5 Å². The standard InChI is InChI=1S/C13H23N5O3/c1-4-6-14-7-8-15-12(19)5-9-17-11(3)13(18(20)21)10(2)16-17/h14H,4-9H2,1-3H3,(H,15,19). The van der Waals surface area contributed by atoms with Gasteiger partial charge in [0.2, 0.25) is 5.91 Å². The van der Waals surface area contributed by atoms with Crippen LogP contribution in [0.2, 0.25) is 0 Å². The second-order valence-corrected chi connectivity index (χ2v) is 4.85. The van der Waals surface area contributed by atoms with Gasteiger partial charge in [-0.25, -0.2) is 0 Å². The van der Waals surface area contributed by atoms with Crippen LogP contribution >= 0.6 is 0 Å². The third-order valence-corrected chi connectivity index (χ3v) is 3.13. The minimum absolute atomic E-state index is 0.0270. The van der Waals surface area contributed by atoms with Crippen LogP contribution in [0.25, 0.3) is 0 Å². The normalized spacial score (nSPS) is 10.6. The largest absolute Gasteiger partial charge is 0.355 e. The van der Waals surface area contributed by atoms with Crippen molar-refractivity contribution in [1.29, 1.82) is 0 Å². The van der Waals surface area contributed by atoms with Crippen LogP contribution in [0, 0.1) is 24.0 Å². The second kappa shape index (κ2) is 8.35. The summed E-state index contributed by atoms with van der Waals surface area (Å²) in [6, 6.07) is 0. The van der Waals surface area contributed by atoms with Gasteiger partial charge in [0.15, 0.2) is 0 Å². The monoisotopic (exact) mass is 297 g/mol. The van der Waals surface area contributed by atoms with Crippen LogP contribution < -0.4 is 10.6 Å². The molecule has 0 aliphatic heterocycles. The number of aryl methyl sites for hydroxylation is 2. The number of carbonyl (C=O) groups excluding carboxylic acids is 1. The third kappa shape index (κ3) is 5.14. The lowest BCUT2D eigenvalue weighted by molar-refractivity contribution is -0.386. The number of nitro groups is 1. The maximum Gasteiger partial charge on any atom is 0.312 e. The molecule has 0 saturated heterocycles. The molecule has 0 atom stereocenters. The molecule has 118 valence electrons. The van der Waals surface area contributed by atoms with Crippen molar-refractivity contribution >= 4 is 11.6 Å². The van der Waals surface area contributed by atoms with Crippen molar-refractivity contribution in [1.82, 2.24) is 20.4 Å². The fourth-order valence-corrected chi connectivity index (χ4v) is 2.06. The molecule has 0 bridgehead atoms. The van der Waals surface area contributed by atoms with E-state index in [-0.39, 0.29) is 18.0 Å². The first-order valence-corrected chi connectivity index (χ1v) is 7.13. The average Bonchev–Trinajstić information content (AvgIpc) is 2.70. The molecule has 0 aliphatic carbocycles. The van der Waals surface area contributed by atoms with E-state index in [0.717, 1.165) is 19.5 Å². The predicted octanol–water partition coefficient (Wildman–Crippen LogP) is 0.914. The first kappa shape index (κ1) is 17.1. The van der Waals surface area contributed by atoms with Crippen LogP contribution in [0.15, 0.2) is 0 Å². The van der Waals surface area contributed by atoms with Gasteiger partial charge in [-0.3, -0.25) is 19.6 Å². The van der Waals surface area contributed by atoms with Gasteiger partial charge in [0.05, 0.1) is 11.5 Å². The number of nitrogens with zero attached hydrogens (tertiary/aromatic N) is 3. The second-order valence-electron chi connectivity index (χ2n) is 4.85. The number of hydrogen-bond donors (Lipinski definition) is 2. The topological polar surface area (TPSA) is 102 Å². The average molecular weight is 297 g/mol. The Kier molecular flexibility index (Phi) is 6.80. The molecule has 1 amide bonds. The highest BCUT2D eigenvalue weighted by Gasteiger charge is 2.21. The highest BCUT2D eigenvalue weighted by atomic mass is 16.6. The van der Waals surface area contributed by atoms with Gasteiger partial charge < -0.3 is 10.6 Å². The lowest BCUT2D eigenvalue weighted by Gasteiger charge is -2.07. The number of nitrogens with one attached hydrogen (secondary N) is 2. The number of hydrogen-bond acceptors (Lipinski definition) is 5. The van der Waals surface area contributed by atoms with Crippen LogP contribution in [-0.2, 0) is 11.3 Å². The summed E-state index contributed by atoms with van der Waals surface area (Å²) in [5.74, 6) is -0.0801. The first-order chi connectivity index (χ1) is 9.97. The molecule has 0 aromatic carbocycles. The van der Waals surface area contributed by atoms with Crippen LogP contribution in [0.4, 0.5) is 5.69 Å². The summed E-state index contributed by atoms with van der Waals surface area (Å²) in [5.41, 5.74) is 0.885. The van der Waals surface area contributed by atoms with Gasteiger partial charge in [-0.15, -0.1) is 0 Å². The Bertz CT molecular complexity index is 498. The van der Waals surface area contributed by atoms with E-state index < -0.39 is 4.92 Å². The fourth-order valence-electron chi connectivity index (χ4n) is 2.06. The Morgan fingerprint density at radius 3 is 2.62 bits per heavy atom. The van der Waals surface area contributed by atoms with Crippen molar-refractivity contribution in [2.45, 2.75) is 40.2 Å². The summed E-state index contributed by atoms with van der Waals surface area (Å²) < 4.78 is 1.52. The van der Waals surface area contributed by atoms with Crippen molar-refractivity contribution in [3.63, 3.8) is 0 Å². The summed E-state index contributed by atoms with van der Waals surface area (Å²) in [6.45, 7) is 7.92. The van der Waals surface area contributed by atoms with E-state index in [9.17, 15) is 14.9 Å². The zero-order valence-corrected chi connectivity index (χ0v) is 12.8. The van der Waals surface area contributed by atoms with Crippen molar-refractivity contribution < 1.29 is 9.72 Å². The molecule has 8 nitrogen and oxygen atoms in total. The molecule has 8 heteroatoms. The molecule has 1 rings (SSSR count). The molecule has 1 aromatic heterocycles. The van der Waals surface area contributed by atoms with Crippen molar-refractivity contribution in [3.05, 3.63) is 21.5 Å². The molecule has 0 radical (unpaired) electrons. The lowest BCUT2D eigenvalue weighted by atomic mass is 10.3. The molecule has 0 unspecified atom stereocenters. The fraction of sp³-hybridized carbons (Fsp3) is 0.692. The molecular formula is C13H23N5O3. The molecule has 0 saturated carbocycles. The summed E-state index contributed by atoms with van der Waals surface area (Å²) >= 11 is 0. The highest BCUT2D eigenvalue weighted by Crippen LogP contribution is 2.21. The van der Waals surface area contributed by atoms with Crippen LogP contribution in [0.3, 0.4) is 0 Å². The van der Waals surface area contributed by atoms with Crippen molar-refractivity contribution in [3.8, 4) is 0 Å². The van der Waals surface area contributed by atoms with E-state index in [1.165, 1.54) is 4.68 Å². The molecular weight excluding hydrogens is 274 g/mol. The molecule has 0 fully saturated rings. The van der Waals surface area contributed by atoms with Crippen LogP contribution in [0.1, 0.15) is 31.2 Å². The van der Waals surface area contributed by atoms with E-state index in [1.54, 1.807) is 13.8 Å². The Labute approximate surface area is 124 Å². The Hall–Kier alpha value is -1.96. The van der Waals surface area contributed by atoms with Crippen LogP contribution in [0.5, 0.6) is 0 Å². The summed E-state index contributed by atoms with van der Waals surface area (Å²) in [4.78, 5) is 22.1. The molecule has 1 heterocycles. The Balaban J connectivity index is 2.40. The maximum absolute atomic E-state index is 11.7. The van der Waals surface area contributed by atoms with Gasteiger partial charge >= 0.3 is 5.69 Å². The van der Waals surface area contributed by atoms with E-state index >= 15 is 0 Å². The quantitative estimate of drug-likeness (QED) is 0.401. The van der Waals surface area contributed by atoms with Crippen molar-refractivity contribution in [2.75, 3.05) is 19.6 Å². The predicted molar refractivity (Wildman–Crippen MR) is 79.1 cm³/mol. The van der Waals surface area contributed by atoms with Gasteiger partial charge in [-0.2, -0.15) is 5.10 Å². The van der Waals surface area contributed by atoms with Crippen molar-refractivity contribution in [2.24, 2.45) is 0 Å². The third-order valence-electron chi connectivity index (χ3n) is 3.13. The first-order valence-electron chi connectivity index (χ1n) is 7.13. The Morgan fingerprint density at radius 1 is 1.33 bits per heavy atom. The van der Waals surface area contributed by atoms with Gasteiger partial charge in [0, 0.05) is 19.5 Å². The van der Waals surface area contributed by atoms with E-state index in [2.05, 4.69) is 22.7 Å². The van der Waals surface area contributed by atoms with E-state index in [1.807, 2.05) is 0 Å². The molecule has 0 aliphatic rings. The number of carbonyl (C=O) groups is 1. The SMILES string of the molecule is CCCNCCNC(=O)CCn1nc(C)c([N+](=O)[O-])c1C. The minimum Gasteiger partial charge on any atom is -0.355 e. The van der Waals surface area contributed by atoms with Gasteiger partial charge in [-0.05, 0) is 26.8 Å². The molecule has 21 heavy (non-hydrogen) atoms. The Morgan fingerprint density at radius 2 is 2.05 bits per heavy atom. The molecule has 0 spiro atoms. The van der Waals surface area contributed by atoms with Gasteiger partial charge in [-0.1, -0.05) is 6.92 Å². The van der Waals surface area contributed by atoms with Crippen LogP contribution in [-0.4, -0.2) is 40.2 Å². The lowest BCUT2D eigenvalue weighted by Crippen LogP contribution is -2.32. The number of amides is 1. The minimum atomic E-state index is -0.437. The summed E-state index contributed by atoms with van der Waals surface area (Å²) in [5, 5.41) is 21.0. The number of rotatable bonds is 9.